The Labute approximate surface area is 95.7 Å². The Hall–Kier alpha value is -2.14. The van der Waals surface area contributed by atoms with Gasteiger partial charge in [0, 0.05) is 17.8 Å². The molecule has 0 fully saturated rings. The topological polar surface area (TPSA) is 62.1 Å². The molecular formula is C12H9FN2O2. The van der Waals surface area contributed by atoms with Crippen molar-refractivity contribution in [3.63, 3.8) is 0 Å². The molecule has 17 heavy (non-hydrogen) atoms. The summed E-state index contributed by atoms with van der Waals surface area (Å²) >= 11 is 0. The summed E-state index contributed by atoms with van der Waals surface area (Å²) in [6.07, 6.45) is 2.18. The number of rotatable bonds is 2. The van der Waals surface area contributed by atoms with Crippen LogP contribution in [0.3, 0.4) is 0 Å². The van der Waals surface area contributed by atoms with Crippen LogP contribution < -0.4 is 0 Å². The van der Waals surface area contributed by atoms with E-state index in [1.807, 2.05) is 0 Å². The molecule has 0 saturated carbocycles. The SMILES string of the molecule is OC(c1ncc[nH]1)c1cc2cc(F)ccc2o1. The summed E-state index contributed by atoms with van der Waals surface area (Å²) in [4.78, 5) is 6.74. The predicted molar refractivity (Wildman–Crippen MR) is 58.8 cm³/mol. The summed E-state index contributed by atoms with van der Waals surface area (Å²) < 4.78 is 18.4. The van der Waals surface area contributed by atoms with Crippen molar-refractivity contribution in [1.29, 1.82) is 0 Å². The van der Waals surface area contributed by atoms with Crippen molar-refractivity contribution in [2.75, 3.05) is 0 Å². The lowest BCUT2D eigenvalue weighted by Crippen LogP contribution is -1.99. The van der Waals surface area contributed by atoms with Crippen LogP contribution in [0.25, 0.3) is 11.0 Å². The monoisotopic (exact) mass is 232 g/mol. The van der Waals surface area contributed by atoms with E-state index in [1.165, 1.54) is 18.2 Å². The highest BCUT2D eigenvalue weighted by molar-refractivity contribution is 5.78. The number of nitrogens with zero attached hydrogens (tertiary/aromatic N) is 1. The zero-order chi connectivity index (χ0) is 11.8. The van der Waals surface area contributed by atoms with E-state index < -0.39 is 6.10 Å². The van der Waals surface area contributed by atoms with Crippen molar-refractivity contribution in [2.24, 2.45) is 0 Å². The third-order valence-corrected chi connectivity index (χ3v) is 2.55. The van der Waals surface area contributed by atoms with Crippen LogP contribution >= 0.6 is 0 Å². The molecule has 2 N–H and O–H groups in total. The average Bonchev–Trinajstić information content (AvgIpc) is 2.96. The molecule has 86 valence electrons. The van der Waals surface area contributed by atoms with Gasteiger partial charge < -0.3 is 14.5 Å². The number of hydrogen-bond acceptors (Lipinski definition) is 3. The molecule has 3 rings (SSSR count). The maximum Gasteiger partial charge on any atom is 0.169 e. The second kappa shape index (κ2) is 3.71. The second-order valence-corrected chi connectivity index (χ2v) is 3.71. The van der Waals surface area contributed by atoms with E-state index in [1.54, 1.807) is 18.5 Å². The molecule has 0 amide bonds. The molecule has 1 aromatic carbocycles. The molecule has 0 spiro atoms. The highest BCUT2D eigenvalue weighted by Gasteiger charge is 2.17. The van der Waals surface area contributed by atoms with Gasteiger partial charge in [0.25, 0.3) is 0 Å². The summed E-state index contributed by atoms with van der Waals surface area (Å²) in [5, 5.41) is 10.6. The van der Waals surface area contributed by atoms with E-state index in [0.717, 1.165) is 0 Å². The number of nitrogens with one attached hydrogen (secondary N) is 1. The van der Waals surface area contributed by atoms with Gasteiger partial charge in [0.15, 0.2) is 6.10 Å². The van der Waals surface area contributed by atoms with Crippen LogP contribution in [0.1, 0.15) is 17.7 Å². The van der Waals surface area contributed by atoms with E-state index in [-0.39, 0.29) is 5.82 Å². The van der Waals surface area contributed by atoms with Crippen LogP contribution in [-0.4, -0.2) is 15.1 Å². The van der Waals surface area contributed by atoms with Crippen LogP contribution in [0.5, 0.6) is 0 Å². The first-order valence-electron chi connectivity index (χ1n) is 5.10. The normalized spacial score (nSPS) is 13.1. The molecular weight excluding hydrogens is 223 g/mol. The van der Waals surface area contributed by atoms with Crippen molar-refractivity contribution in [3.8, 4) is 0 Å². The third kappa shape index (κ3) is 1.70. The quantitative estimate of drug-likeness (QED) is 0.713. The number of H-pyrrole nitrogens is 1. The third-order valence-electron chi connectivity index (χ3n) is 2.55. The van der Waals surface area contributed by atoms with Gasteiger partial charge in [0.2, 0.25) is 0 Å². The minimum absolute atomic E-state index is 0.334. The van der Waals surface area contributed by atoms with Gasteiger partial charge in [-0.15, -0.1) is 0 Å². The number of halogens is 1. The Bertz CT molecular complexity index is 646. The first-order valence-corrected chi connectivity index (χ1v) is 5.10. The molecule has 0 aliphatic heterocycles. The van der Waals surface area contributed by atoms with E-state index in [0.29, 0.717) is 22.6 Å². The molecule has 0 bridgehead atoms. The number of aromatic nitrogens is 2. The summed E-state index contributed by atoms with van der Waals surface area (Å²) in [5.74, 6) is 0.391. The van der Waals surface area contributed by atoms with E-state index in [9.17, 15) is 9.50 Å². The molecule has 0 saturated heterocycles. The summed E-state index contributed by atoms with van der Waals surface area (Å²) in [5.41, 5.74) is 0.534. The van der Waals surface area contributed by atoms with Crippen LogP contribution in [0.15, 0.2) is 41.1 Å². The average molecular weight is 232 g/mol. The van der Waals surface area contributed by atoms with Crippen molar-refractivity contribution >= 4 is 11.0 Å². The fourth-order valence-corrected chi connectivity index (χ4v) is 1.73. The first kappa shape index (κ1) is 10.0. The Morgan fingerprint density at radius 3 is 3.00 bits per heavy atom. The van der Waals surface area contributed by atoms with E-state index in [4.69, 9.17) is 4.42 Å². The highest BCUT2D eigenvalue weighted by Crippen LogP contribution is 2.26. The molecule has 4 nitrogen and oxygen atoms in total. The Morgan fingerprint density at radius 2 is 2.24 bits per heavy atom. The fraction of sp³-hybridized carbons (Fsp3) is 0.0833. The van der Waals surface area contributed by atoms with Crippen molar-refractivity contribution < 1.29 is 13.9 Å². The van der Waals surface area contributed by atoms with Crippen molar-refractivity contribution in [1.82, 2.24) is 9.97 Å². The molecule has 0 aliphatic rings. The van der Waals surface area contributed by atoms with Crippen LogP contribution in [-0.2, 0) is 0 Å². The lowest BCUT2D eigenvalue weighted by Gasteiger charge is -2.02. The van der Waals surface area contributed by atoms with Gasteiger partial charge >= 0.3 is 0 Å². The Balaban J connectivity index is 2.06. The lowest BCUT2D eigenvalue weighted by atomic mass is 10.2. The van der Waals surface area contributed by atoms with E-state index in [2.05, 4.69) is 9.97 Å². The smallest absolute Gasteiger partial charge is 0.169 e. The zero-order valence-corrected chi connectivity index (χ0v) is 8.72. The van der Waals surface area contributed by atoms with Crippen molar-refractivity contribution in [3.05, 3.63) is 54.1 Å². The van der Waals surface area contributed by atoms with Crippen LogP contribution in [0.4, 0.5) is 4.39 Å². The number of aliphatic hydroxyl groups is 1. The number of fused-ring (bicyclic) bond motifs is 1. The molecule has 1 unspecified atom stereocenters. The lowest BCUT2D eigenvalue weighted by molar-refractivity contribution is 0.183. The minimum Gasteiger partial charge on any atom is -0.458 e. The second-order valence-electron chi connectivity index (χ2n) is 3.71. The number of imidazole rings is 1. The summed E-state index contributed by atoms with van der Waals surface area (Å²) in [6, 6.07) is 5.81. The van der Waals surface area contributed by atoms with Gasteiger partial charge in [-0.05, 0) is 24.3 Å². The van der Waals surface area contributed by atoms with Gasteiger partial charge in [-0.3, -0.25) is 0 Å². The predicted octanol–water partition coefficient (Wildman–Crippen LogP) is 2.38. The molecule has 2 heterocycles. The minimum atomic E-state index is -0.972. The molecule has 0 aliphatic carbocycles. The molecule has 5 heteroatoms. The van der Waals surface area contributed by atoms with Gasteiger partial charge in [0.05, 0.1) is 0 Å². The molecule has 2 aromatic heterocycles. The molecule has 3 aromatic rings. The highest BCUT2D eigenvalue weighted by atomic mass is 19.1. The number of furan rings is 1. The van der Waals surface area contributed by atoms with Gasteiger partial charge in [0.1, 0.15) is 23.0 Å². The molecule has 0 radical (unpaired) electrons. The maximum absolute atomic E-state index is 13.0. The van der Waals surface area contributed by atoms with E-state index >= 15 is 0 Å². The number of aliphatic hydroxyl groups excluding tert-OH is 1. The largest absolute Gasteiger partial charge is 0.458 e. The first-order chi connectivity index (χ1) is 8.24. The maximum atomic E-state index is 13.0. The van der Waals surface area contributed by atoms with Crippen LogP contribution in [0.2, 0.25) is 0 Å². The molecule has 1 atom stereocenters. The number of hydrogen-bond donors (Lipinski definition) is 2. The Kier molecular flexibility index (Phi) is 2.19. The number of benzene rings is 1. The fourth-order valence-electron chi connectivity index (χ4n) is 1.73. The van der Waals surface area contributed by atoms with Crippen molar-refractivity contribution in [2.45, 2.75) is 6.10 Å². The van der Waals surface area contributed by atoms with Gasteiger partial charge in [-0.1, -0.05) is 0 Å². The summed E-state index contributed by atoms with van der Waals surface area (Å²) in [7, 11) is 0. The number of aromatic amines is 1. The summed E-state index contributed by atoms with van der Waals surface area (Å²) in [6.45, 7) is 0. The standard InChI is InChI=1S/C12H9FN2O2/c13-8-1-2-9-7(5-8)6-10(17-9)11(16)12-14-3-4-15-12/h1-6,11,16H,(H,14,15). The Morgan fingerprint density at radius 1 is 1.35 bits per heavy atom. The van der Waals surface area contributed by atoms with Crippen LogP contribution in [0, 0.1) is 5.82 Å². The van der Waals surface area contributed by atoms with Gasteiger partial charge in [-0.25, -0.2) is 9.37 Å². The zero-order valence-electron chi connectivity index (χ0n) is 8.72. The van der Waals surface area contributed by atoms with Gasteiger partial charge in [-0.2, -0.15) is 0 Å².